The Hall–Kier alpha value is -3.09. The summed E-state index contributed by atoms with van der Waals surface area (Å²) in [5.41, 5.74) is 2.03. The molecule has 3 heterocycles. The molecule has 0 saturated heterocycles. The fourth-order valence-corrected chi connectivity index (χ4v) is 1.93. The third-order valence-electron chi connectivity index (χ3n) is 3.06. The molecule has 0 aromatic carbocycles. The smallest absolute Gasteiger partial charge is 0.356 e. The van der Waals surface area contributed by atoms with E-state index in [0.29, 0.717) is 11.6 Å². The highest BCUT2D eigenvalue weighted by Crippen LogP contribution is 2.16. The number of carbonyl (C=O) groups excluding carboxylic acids is 1. The number of methoxy groups -OCH3 is 1. The number of rotatable bonds is 4. The van der Waals surface area contributed by atoms with Crippen LogP contribution in [0.2, 0.25) is 0 Å². The number of hydrogen-bond donors (Lipinski definition) is 1. The molecule has 0 aliphatic carbocycles. The molecular weight excluding hydrogens is 284 g/mol. The summed E-state index contributed by atoms with van der Waals surface area (Å²) in [4.78, 5) is 21.8. The van der Waals surface area contributed by atoms with Crippen LogP contribution in [-0.4, -0.2) is 29.3 Å². The van der Waals surface area contributed by atoms with Crippen molar-refractivity contribution in [3.05, 3.63) is 60.0 Å². The number of aliphatic imine (C=N–C) groups is 1. The molecule has 0 saturated carbocycles. The Morgan fingerprint density at radius 2 is 2.36 bits per heavy atom. The van der Waals surface area contributed by atoms with Gasteiger partial charge in [0.25, 0.3) is 0 Å². The van der Waals surface area contributed by atoms with E-state index in [1.165, 1.54) is 7.11 Å². The van der Waals surface area contributed by atoms with Crippen molar-refractivity contribution in [1.82, 2.24) is 15.2 Å². The van der Waals surface area contributed by atoms with E-state index in [1.54, 1.807) is 48.2 Å². The number of pyridine rings is 1. The number of allylic oxidation sites excluding steroid dienone is 1. The number of nitrogens with one attached hydrogen (secondary N) is 1. The summed E-state index contributed by atoms with van der Waals surface area (Å²) in [5.74, 6) is 0.0291. The molecule has 0 bridgehead atoms. The molecular formula is C15H14N4O3. The summed E-state index contributed by atoms with van der Waals surface area (Å²) in [6, 6.07) is 3.48. The number of carbonyl (C=O) groups is 1. The molecule has 112 valence electrons. The van der Waals surface area contributed by atoms with Crippen molar-refractivity contribution in [2.24, 2.45) is 4.99 Å². The Morgan fingerprint density at radius 3 is 3.23 bits per heavy atom. The first-order valence-corrected chi connectivity index (χ1v) is 6.59. The van der Waals surface area contributed by atoms with Crippen molar-refractivity contribution in [3.63, 3.8) is 0 Å². The summed E-state index contributed by atoms with van der Waals surface area (Å²) in [5, 5.41) is 2.91. The number of fused-ring (bicyclic) bond motifs is 1. The quantitative estimate of drug-likeness (QED) is 0.844. The lowest BCUT2D eigenvalue weighted by molar-refractivity contribution is -0.140. The molecule has 0 atom stereocenters. The zero-order valence-corrected chi connectivity index (χ0v) is 11.9. The molecule has 1 aromatic heterocycles. The standard InChI is InChI=1S/C15H14N4O3/c1-21-14-6-11(2-5-17-14)9-22-15(20)13-8-19-10-16-4-3-12(19)7-18-13/h2-8,10,18H,9H2,1H3. The molecule has 2 aliphatic rings. The van der Waals surface area contributed by atoms with E-state index in [1.807, 2.05) is 6.08 Å². The molecule has 7 nitrogen and oxygen atoms in total. The van der Waals surface area contributed by atoms with Crippen molar-refractivity contribution in [2.75, 3.05) is 7.11 Å². The van der Waals surface area contributed by atoms with E-state index in [-0.39, 0.29) is 6.61 Å². The van der Waals surface area contributed by atoms with E-state index < -0.39 is 5.97 Å². The largest absolute Gasteiger partial charge is 0.481 e. The Morgan fingerprint density at radius 1 is 1.45 bits per heavy atom. The molecule has 22 heavy (non-hydrogen) atoms. The van der Waals surface area contributed by atoms with Crippen molar-refractivity contribution in [3.8, 4) is 5.88 Å². The maximum absolute atomic E-state index is 12.1. The Kier molecular flexibility index (Phi) is 3.86. The van der Waals surface area contributed by atoms with Crippen LogP contribution in [0.3, 0.4) is 0 Å². The minimum Gasteiger partial charge on any atom is -0.481 e. The van der Waals surface area contributed by atoms with Gasteiger partial charge in [0, 0.05) is 30.9 Å². The van der Waals surface area contributed by atoms with Crippen LogP contribution in [-0.2, 0) is 16.1 Å². The van der Waals surface area contributed by atoms with Crippen LogP contribution < -0.4 is 10.1 Å². The highest BCUT2D eigenvalue weighted by molar-refractivity contribution is 5.89. The zero-order valence-electron chi connectivity index (χ0n) is 11.9. The van der Waals surface area contributed by atoms with Crippen molar-refractivity contribution >= 4 is 12.3 Å². The van der Waals surface area contributed by atoms with E-state index in [0.717, 1.165) is 11.3 Å². The molecule has 0 fully saturated rings. The fourth-order valence-electron chi connectivity index (χ4n) is 1.93. The highest BCUT2D eigenvalue weighted by atomic mass is 16.5. The van der Waals surface area contributed by atoms with E-state index in [4.69, 9.17) is 9.47 Å². The maximum Gasteiger partial charge on any atom is 0.356 e. The van der Waals surface area contributed by atoms with Gasteiger partial charge in [0.05, 0.1) is 19.1 Å². The maximum atomic E-state index is 12.1. The third-order valence-corrected chi connectivity index (χ3v) is 3.06. The van der Waals surface area contributed by atoms with Gasteiger partial charge in [0.15, 0.2) is 0 Å². The summed E-state index contributed by atoms with van der Waals surface area (Å²) >= 11 is 0. The van der Waals surface area contributed by atoms with Gasteiger partial charge in [0.1, 0.15) is 12.3 Å². The van der Waals surface area contributed by atoms with Gasteiger partial charge in [0.2, 0.25) is 5.88 Å². The van der Waals surface area contributed by atoms with E-state index in [2.05, 4.69) is 15.3 Å². The minimum atomic E-state index is -0.450. The molecule has 0 amide bonds. The Labute approximate surface area is 127 Å². The summed E-state index contributed by atoms with van der Waals surface area (Å²) in [7, 11) is 1.54. The van der Waals surface area contributed by atoms with Crippen LogP contribution in [0.4, 0.5) is 0 Å². The summed E-state index contributed by atoms with van der Waals surface area (Å²) in [6.07, 6.45) is 10.1. The molecule has 1 aromatic rings. The number of aromatic nitrogens is 1. The highest BCUT2D eigenvalue weighted by Gasteiger charge is 2.18. The minimum absolute atomic E-state index is 0.140. The SMILES string of the molecule is COc1cc(COC(=O)C2=CN3C=NC=CC3=CN2)ccn1. The second-order valence-corrected chi connectivity index (χ2v) is 4.53. The van der Waals surface area contributed by atoms with Crippen LogP contribution in [0.5, 0.6) is 5.88 Å². The van der Waals surface area contributed by atoms with Crippen LogP contribution >= 0.6 is 0 Å². The first-order chi connectivity index (χ1) is 10.8. The fraction of sp³-hybridized carbons (Fsp3) is 0.133. The first kappa shape index (κ1) is 13.9. The monoisotopic (exact) mass is 298 g/mol. The summed E-state index contributed by atoms with van der Waals surface area (Å²) in [6.45, 7) is 0.140. The molecule has 1 N–H and O–H groups in total. The average Bonchev–Trinajstić information content (AvgIpc) is 2.59. The number of ether oxygens (including phenoxy) is 2. The van der Waals surface area contributed by atoms with Gasteiger partial charge in [-0.15, -0.1) is 0 Å². The Bertz CT molecular complexity index is 706. The van der Waals surface area contributed by atoms with Crippen LogP contribution in [0.1, 0.15) is 5.56 Å². The number of esters is 1. The van der Waals surface area contributed by atoms with Gasteiger partial charge in [-0.3, -0.25) is 0 Å². The zero-order chi connectivity index (χ0) is 15.4. The van der Waals surface area contributed by atoms with E-state index >= 15 is 0 Å². The topological polar surface area (TPSA) is 76.1 Å². The van der Waals surface area contributed by atoms with Gasteiger partial charge >= 0.3 is 5.97 Å². The lowest BCUT2D eigenvalue weighted by Crippen LogP contribution is -2.29. The van der Waals surface area contributed by atoms with Crippen molar-refractivity contribution in [2.45, 2.75) is 6.61 Å². The van der Waals surface area contributed by atoms with Gasteiger partial charge in [-0.1, -0.05) is 0 Å². The van der Waals surface area contributed by atoms with Crippen LogP contribution in [0.15, 0.2) is 59.4 Å². The Balaban J connectivity index is 1.62. The second kappa shape index (κ2) is 6.13. The van der Waals surface area contributed by atoms with E-state index in [9.17, 15) is 4.79 Å². The molecule has 0 radical (unpaired) electrons. The molecule has 3 rings (SSSR count). The second-order valence-electron chi connectivity index (χ2n) is 4.53. The van der Waals surface area contributed by atoms with Crippen LogP contribution in [0.25, 0.3) is 0 Å². The first-order valence-electron chi connectivity index (χ1n) is 6.59. The van der Waals surface area contributed by atoms with Crippen molar-refractivity contribution < 1.29 is 14.3 Å². The lowest BCUT2D eigenvalue weighted by Gasteiger charge is -2.24. The van der Waals surface area contributed by atoms with Gasteiger partial charge in [-0.25, -0.2) is 14.8 Å². The lowest BCUT2D eigenvalue weighted by atomic mass is 10.3. The number of nitrogens with zero attached hydrogens (tertiary/aromatic N) is 3. The van der Waals surface area contributed by atoms with Crippen molar-refractivity contribution in [1.29, 1.82) is 0 Å². The normalized spacial score (nSPS) is 15.4. The molecule has 0 unspecified atom stereocenters. The molecule has 7 heteroatoms. The molecule has 2 aliphatic heterocycles. The third kappa shape index (κ3) is 2.98. The molecule has 0 spiro atoms. The predicted molar refractivity (Wildman–Crippen MR) is 79.4 cm³/mol. The average molecular weight is 298 g/mol. The predicted octanol–water partition coefficient (Wildman–Crippen LogP) is 1.28. The van der Waals surface area contributed by atoms with Gasteiger partial charge in [-0.2, -0.15) is 0 Å². The summed E-state index contributed by atoms with van der Waals surface area (Å²) < 4.78 is 10.3. The van der Waals surface area contributed by atoms with Gasteiger partial charge in [-0.05, 0) is 17.7 Å². The van der Waals surface area contributed by atoms with Crippen LogP contribution in [0, 0.1) is 0 Å². The number of hydrogen-bond acceptors (Lipinski definition) is 7. The van der Waals surface area contributed by atoms with Gasteiger partial charge < -0.3 is 19.7 Å².